The highest BCUT2D eigenvalue weighted by Crippen LogP contribution is 2.48. The first-order chi connectivity index (χ1) is 18.1. The first-order valence-electron chi connectivity index (χ1n) is 12.5. The van der Waals surface area contributed by atoms with Crippen LogP contribution < -0.4 is 4.74 Å². The van der Waals surface area contributed by atoms with Crippen LogP contribution in [0, 0.1) is 5.82 Å². The van der Waals surface area contributed by atoms with Crippen molar-refractivity contribution in [2.75, 3.05) is 6.61 Å². The van der Waals surface area contributed by atoms with Crippen LogP contribution in [0.3, 0.4) is 0 Å². The lowest BCUT2D eigenvalue weighted by atomic mass is 9.80. The number of hydrogen-bond donors (Lipinski definition) is 1. The summed E-state index contributed by atoms with van der Waals surface area (Å²) in [6.45, 7) is 0.180. The molecule has 3 aromatic carbocycles. The first-order valence-corrected chi connectivity index (χ1v) is 12.5. The number of halogens is 4. The average molecular weight is 528 g/mol. The smallest absolute Gasteiger partial charge is 0.448 e. The van der Waals surface area contributed by atoms with E-state index in [1.165, 1.54) is 6.07 Å². The molecule has 1 N–H and O–H groups in total. The van der Waals surface area contributed by atoms with Gasteiger partial charge >= 0.3 is 12.5 Å². The summed E-state index contributed by atoms with van der Waals surface area (Å²) < 4.78 is 61.4. The van der Waals surface area contributed by atoms with Crippen molar-refractivity contribution in [3.8, 4) is 16.9 Å². The third kappa shape index (κ3) is 4.28. The topological polar surface area (TPSA) is 59.0 Å². The molecule has 2 aliphatic heterocycles. The molecule has 2 bridgehead atoms. The second-order valence-electron chi connectivity index (χ2n) is 10.2. The highest BCUT2D eigenvalue weighted by Gasteiger charge is 2.51. The molecule has 0 aromatic heterocycles. The minimum Gasteiger partial charge on any atom is -0.448 e. The van der Waals surface area contributed by atoms with Crippen LogP contribution >= 0.6 is 0 Å². The molecule has 0 spiro atoms. The number of nitrogens with zero attached hydrogens (tertiary/aromatic N) is 1. The maximum Gasteiger partial charge on any atom is 0.573 e. The molecule has 38 heavy (non-hydrogen) atoms. The molecule has 9 heteroatoms. The van der Waals surface area contributed by atoms with Crippen molar-refractivity contribution in [1.82, 2.24) is 4.90 Å². The lowest BCUT2D eigenvalue weighted by Gasteiger charge is -2.43. The van der Waals surface area contributed by atoms with Crippen LogP contribution in [-0.4, -0.2) is 41.2 Å². The number of carbonyl (C=O) groups is 1. The first kappa shape index (κ1) is 24.7. The number of amides is 1. The molecule has 3 aliphatic rings. The lowest BCUT2D eigenvalue weighted by Crippen LogP contribution is -2.52. The molecule has 3 aromatic rings. The number of ether oxygens (including phenoxy) is 2. The van der Waals surface area contributed by atoms with Crippen LogP contribution in [0.5, 0.6) is 5.75 Å². The Bertz CT molecular complexity index is 1330. The third-order valence-corrected chi connectivity index (χ3v) is 8.01. The number of hydrogen-bond acceptors (Lipinski definition) is 4. The molecule has 198 valence electrons. The van der Waals surface area contributed by atoms with Crippen molar-refractivity contribution in [3.05, 3.63) is 89.2 Å². The zero-order valence-electron chi connectivity index (χ0n) is 20.2. The molecule has 5 nitrogen and oxygen atoms in total. The molecule has 2 fully saturated rings. The molecule has 2 heterocycles. The Kier molecular flexibility index (Phi) is 5.86. The Labute approximate surface area is 216 Å². The molecular weight excluding hydrogens is 502 g/mol. The van der Waals surface area contributed by atoms with Crippen molar-refractivity contribution >= 4 is 6.09 Å². The zero-order valence-corrected chi connectivity index (χ0v) is 20.2. The molecule has 2 saturated heterocycles. The quantitative estimate of drug-likeness (QED) is 0.394. The minimum atomic E-state index is -5.02. The van der Waals surface area contributed by atoms with Crippen molar-refractivity contribution in [3.63, 3.8) is 0 Å². The summed E-state index contributed by atoms with van der Waals surface area (Å²) in [5, 5.41) is 11.4. The van der Waals surface area contributed by atoms with Gasteiger partial charge in [0.1, 0.15) is 6.61 Å². The molecular formula is C29H25F4NO4. The van der Waals surface area contributed by atoms with Crippen LogP contribution in [0.4, 0.5) is 22.4 Å². The average Bonchev–Trinajstić information content (AvgIpc) is 3.35. The molecule has 0 radical (unpaired) electrons. The van der Waals surface area contributed by atoms with Gasteiger partial charge in [0.05, 0.1) is 5.60 Å². The van der Waals surface area contributed by atoms with Gasteiger partial charge in [-0.25, -0.2) is 9.18 Å². The monoisotopic (exact) mass is 527 g/mol. The fourth-order valence-corrected chi connectivity index (χ4v) is 6.42. The van der Waals surface area contributed by atoms with E-state index in [1.807, 2.05) is 36.4 Å². The van der Waals surface area contributed by atoms with E-state index in [9.17, 15) is 27.5 Å². The largest absolute Gasteiger partial charge is 0.573 e. The van der Waals surface area contributed by atoms with E-state index < -0.39 is 29.6 Å². The summed E-state index contributed by atoms with van der Waals surface area (Å²) in [5.41, 5.74) is 3.16. The lowest BCUT2D eigenvalue weighted by molar-refractivity contribution is -0.275. The van der Waals surface area contributed by atoms with Gasteiger partial charge in [-0.3, -0.25) is 0 Å². The fraction of sp³-hybridized carbons (Fsp3) is 0.345. The van der Waals surface area contributed by atoms with Gasteiger partial charge in [0, 0.05) is 30.8 Å². The summed E-state index contributed by atoms with van der Waals surface area (Å²) >= 11 is 0. The maximum absolute atomic E-state index is 14.4. The summed E-state index contributed by atoms with van der Waals surface area (Å²) in [6, 6.07) is 18.5. The van der Waals surface area contributed by atoms with Crippen LogP contribution in [0.25, 0.3) is 11.1 Å². The van der Waals surface area contributed by atoms with Gasteiger partial charge in [-0.05, 0) is 52.8 Å². The summed E-state index contributed by atoms with van der Waals surface area (Å²) in [5.74, 6) is -2.24. The Balaban J connectivity index is 1.16. The number of alkyl halides is 3. The van der Waals surface area contributed by atoms with Gasteiger partial charge in [0.2, 0.25) is 0 Å². The summed E-state index contributed by atoms with van der Waals surface area (Å²) in [4.78, 5) is 14.9. The maximum atomic E-state index is 14.4. The number of fused-ring (bicyclic) bond motifs is 5. The zero-order chi connectivity index (χ0) is 26.7. The van der Waals surface area contributed by atoms with Gasteiger partial charge < -0.3 is 19.5 Å². The van der Waals surface area contributed by atoms with Crippen LogP contribution in [0.1, 0.15) is 48.3 Å². The van der Waals surface area contributed by atoms with Crippen LogP contribution in [0.2, 0.25) is 0 Å². The Morgan fingerprint density at radius 3 is 2.08 bits per heavy atom. The number of aliphatic hydroxyl groups is 1. The number of piperidine rings is 1. The minimum absolute atomic E-state index is 0.0777. The summed E-state index contributed by atoms with van der Waals surface area (Å²) in [6.07, 6.45) is -3.92. The third-order valence-electron chi connectivity index (χ3n) is 8.01. The van der Waals surface area contributed by atoms with E-state index in [-0.39, 0.29) is 43.0 Å². The molecule has 2 atom stereocenters. The Morgan fingerprint density at radius 2 is 1.53 bits per heavy atom. The number of carbonyl (C=O) groups excluding carboxylic acids is 1. The van der Waals surface area contributed by atoms with Crippen LogP contribution in [-0.2, 0) is 10.3 Å². The van der Waals surface area contributed by atoms with Gasteiger partial charge in [-0.2, -0.15) is 0 Å². The highest BCUT2D eigenvalue weighted by atomic mass is 19.4. The van der Waals surface area contributed by atoms with Gasteiger partial charge in [0.25, 0.3) is 0 Å². The molecule has 2 unspecified atom stereocenters. The molecule has 6 rings (SSSR count). The van der Waals surface area contributed by atoms with Gasteiger partial charge in [-0.15, -0.1) is 13.2 Å². The Morgan fingerprint density at radius 1 is 0.947 bits per heavy atom. The number of benzene rings is 3. The van der Waals surface area contributed by atoms with E-state index in [0.717, 1.165) is 34.4 Å². The predicted octanol–water partition coefficient (Wildman–Crippen LogP) is 6.49. The van der Waals surface area contributed by atoms with E-state index >= 15 is 0 Å². The fourth-order valence-electron chi connectivity index (χ4n) is 6.42. The van der Waals surface area contributed by atoms with E-state index in [1.54, 1.807) is 4.90 Å². The van der Waals surface area contributed by atoms with Crippen molar-refractivity contribution < 1.29 is 36.9 Å². The normalized spacial score (nSPS) is 24.2. The van der Waals surface area contributed by atoms with Crippen molar-refractivity contribution in [1.29, 1.82) is 0 Å². The molecule has 1 aliphatic carbocycles. The second-order valence-corrected chi connectivity index (χ2v) is 10.2. The van der Waals surface area contributed by atoms with Crippen molar-refractivity contribution in [2.45, 2.75) is 55.6 Å². The summed E-state index contributed by atoms with van der Waals surface area (Å²) in [7, 11) is 0. The van der Waals surface area contributed by atoms with Crippen LogP contribution in [0.15, 0.2) is 66.7 Å². The second kappa shape index (κ2) is 9.01. The Hall–Kier alpha value is -3.59. The predicted molar refractivity (Wildman–Crippen MR) is 130 cm³/mol. The number of rotatable bonds is 4. The van der Waals surface area contributed by atoms with E-state index in [4.69, 9.17) is 4.74 Å². The van der Waals surface area contributed by atoms with E-state index in [0.29, 0.717) is 12.8 Å². The SMILES string of the molecule is O=C(OCC1c2ccccc2-c2ccccc21)N1C2CCC1CC(O)(c1ccc(OC(F)(F)F)c(F)c1)C2. The molecule has 1 amide bonds. The standard InChI is InChI=1S/C29H25F4NO4/c30-25-13-17(9-12-26(25)38-29(31,32)33)28(36)14-18-10-11-19(15-28)34(18)27(35)37-16-24-22-7-3-1-5-20(22)21-6-2-4-8-23(21)24/h1-9,12-13,18-19,24,36H,10-11,14-16H2. The van der Waals surface area contributed by atoms with E-state index in [2.05, 4.69) is 16.9 Å². The van der Waals surface area contributed by atoms with Gasteiger partial charge in [0.15, 0.2) is 11.6 Å². The molecule has 0 saturated carbocycles. The highest BCUT2D eigenvalue weighted by molar-refractivity contribution is 5.79. The van der Waals surface area contributed by atoms with Crippen molar-refractivity contribution in [2.24, 2.45) is 0 Å². The van der Waals surface area contributed by atoms with Gasteiger partial charge in [-0.1, -0.05) is 54.6 Å².